The van der Waals surface area contributed by atoms with Crippen molar-refractivity contribution in [2.45, 2.75) is 31.7 Å². The number of rotatable bonds is 2. The van der Waals surface area contributed by atoms with Crippen LogP contribution >= 0.6 is 0 Å². The van der Waals surface area contributed by atoms with Gasteiger partial charge in [-0.1, -0.05) is 18.2 Å². The van der Waals surface area contributed by atoms with E-state index in [0.717, 1.165) is 25.1 Å². The number of benzene rings is 1. The Kier molecular flexibility index (Phi) is 3.48. The minimum atomic E-state index is -0.367. The van der Waals surface area contributed by atoms with Gasteiger partial charge in [-0.25, -0.2) is 0 Å². The van der Waals surface area contributed by atoms with Crippen LogP contribution in [0.25, 0.3) is 0 Å². The lowest BCUT2D eigenvalue weighted by molar-refractivity contribution is -0.128. The van der Waals surface area contributed by atoms with E-state index in [1.807, 2.05) is 44.3 Å². The first-order valence-electron chi connectivity index (χ1n) is 6.21. The molecule has 1 amide bonds. The maximum absolute atomic E-state index is 12.3. The molecule has 1 aliphatic rings. The van der Waals surface area contributed by atoms with Gasteiger partial charge in [0.05, 0.1) is 5.54 Å². The van der Waals surface area contributed by atoms with E-state index >= 15 is 0 Å². The standard InChI is InChI=1S/C14H20N2O/c1-14(10-6-7-11-16(14)2)13(17)15-12-8-4-3-5-9-12/h3-5,8-9H,6-7,10-11H2,1-2H3,(H,15,17). The molecular weight excluding hydrogens is 212 g/mol. The maximum Gasteiger partial charge on any atom is 0.244 e. The molecule has 1 unspecified atom stereocenters. The Hall–Kier alpha value is -1.35. The van der Waals surface area contributed by atoms with Crippen molar-refractivity contribution >= 4 is 11.6 Å². The minimum absolute atomic E-state index is 0.103. The molecule has 1 saturated heterocycles. The van der Waals surface area contributed by atoms with Crippen molar-refractivity contribution in [3.8, 4) is 0 Å². The predicted molar refractivity (Wildman–Crippen MR) is 70.0 cm³/mol. The first-order valence-corrected chi connectivity index (χ1v) is 6.21. The third-order valence-electron chi connectivity index (χ3n) is 3.77. The number of likely N-dealkylation sites (tertiary alicyclic amines) is 1. The summed E-state index contributed by atoms with van der Waals surface area (Å²) in [6.45, 7) is 3.03. The van der Waals surface area contributed by atoms with Gasteiger partial charge < -0.3 is 5.32 Å². The smallest absolute Gasteiger partial charge is 0.244 e. The average Bonchev–Trinajstić information content (AvgIpc) is 2.34. The number of carbonyl (C=O) groups excluding carboxylic acids is 1. The number of hydrogen-bond acceptors (Lipinski definition) is 2. The number of carbonyl (C=O) groups is 1. The second kappa shape index (κ2) is 4.88. The highest BCUT2D eigenvalue weighted by atomic mass is 16.2. The van der Waals surface area contributed by atoms with Crippen LogP contribution in [0.1, 0.15) is 26.2 Å². The summed E-state index contributed by atoms with van der Waals surface area (Å²) < 4.78 is 0. The lowest BCUT2D eigenvalue weighted by Crippen LogP contribution is -2.55. The monoisotopic (exact) mass is 232 g/mol. The highest BCUT2D eigenvalue weighted by Crippen LogP contribution is 2.27. The third kappa shape index (κ3) is 2.50. The van der Waals surface area contributed by atoms with Crippen LogP contribution in [-0.4, -0.2) is 29.9 Å². The molecule has 0 aliphatic carbocycles. The normalized spacial score (nSPS) is 25.5. The van der Waals surface area contributed by atoms with Crippen LogP contribution < -0.4 is 5.32 Å². The number of piperidine rings is 1. The number of amides is 1. The lowest BCUT2D eigenvalue weighted by atomic mass is 9.88. The molecular formula is C14H20N2O. The van der Waals surface area contributed by atoms with Gasteiger partial charge in [-0.2, -0.15) is 0 Å². The number of para-hydroxylation sites is 1. The fraction of sp³-hybridized carbons (Fsp3) is 0.500. The largest absolute Gasteiger partial charge is 0.324 e. The summed E-state index contributed by atoms with van der Waals surface area (Å²) in [5.41, 5.74) is 0.506. The summed E-state index contributed by atoms with van der Waals surface area (Å²) in [7, 11) is 2.03. The van der Waals surface area contributed by atoms with Crippen LogP contribution in [0, 0.1) is 0 Å². The summed E-state index contributed by atoms with van der Waals surface area (Å²) in [6.07, 6.45) is 3.25. The molecule has 92 valence electrons. The van der Waals surface area contributed by atoms with Gasteiger partial charge in [-0.15, -0.1) is 0 Å². The Morgan fingerprint density at radius 1 is 1.29 bits per heavy atom. The maximum atomic E-state index is 12.3. The molecule has 0 aromatic heterocycles. The zero-order valence-electron chi connectivity index (χ0n) is 10.6. The van der Waals surface area contributed by atoms with Gasteiger partial charge >= 0.3 is 0 Å². The van der Waals surface area contributed by atoms with Gasteiger partial charge in [0, 0.05) is 5.69 Å². The molecule has 1 atom stereocenters. The van der Waals surface area contributed by atoms with E-state index in [-0.39, 0.29) is 11.4 Å². The summed E-state index contributed by atoms with van der Waals surface area (Å²) >= 11 is 0. The summed E-state index contributed by atoms with van der Waals surface area (Å²) in [5, 5.41) is 3.00. The molecule has 0 radical (unpaired) electrons. The number of hydrogen-bond donors (Lipinski definition) is 1. The van der Waals surface area contributed by atoms with E-state index in [1.165, 1.54) is 6.42 Å². The summed E-state index contributed by atoms with van der Waals surface area (Å²) in [4.78, 5) is 14.5. The quantitative estimate of drug-likeness (QED) is 0.849. The van der Waals surface area contributed by atoms with Crippen LogP contribution in [0.2, 0.25) is 0 Å². The van der Waals surface area contributed by atoms with Crippen LogP contribution in [0.5, 0.6) is 0 Å². The molecule has 2 rings (SSSR count). The van der Waals surface area contributed by atoms with Gasteiger partial charge in [0.2, 0.25) is 5.91 Å². The van der Waals surface area contributed by atoms with Crippen molar-refractivity contribution in [2.24, 2.45) is 0 Å². The SMILES string of the molecule is CN1CCCCC1(C)C(=O)Nc1ccccc1. The Balaban J connectivity index is 2.09. The average molecular weight is 232 g/mol. The summed E-state index contributed by atoms with van der Waals surface area (Å²) in [6, 6.07) is 9.66. The van der Waals surface area contributed by atoms with Gasteiger partial charge in [0.15, 0.2) is 0 Å². The zero-order valence-corrected chi connectivity index (χ0v) is 10.6. The van der Waals surface area contributed by atoms with E-state index in [2.05, 4.69) is 10.2 Å². The Bertz CT molecular complexity index is 390. The van der Waals surface area contributed by atoms with Crippen molar-refractivity contribution in [1.29, 1.82) is 0 Å². The first-order chi connectivity index (χ1) is 8.13. The first kappa shape index (κ1) is 12.1. The van der Waals surface area contributed by atoms with Gasteiger partial charge in [0.1, 0.15) is 0 Å². The van der Waals surface area contributed by atoms with Gasteiger partial charge in [0.25, 0.3) is 0 Å². The highest BCUT2D eigenvalue weighted by Gasteiger charge is 2.38. The second-order valence-electron chi connectivity index (χ2n) is 4.97. The lowest BCUT2D eigenvalue weighted by Gasteiger charge is -2.41. The molecule has 3 heteroatoms. The topological polar surface area (TPSA) is 32.3 Å². The van der Waals surface area contributed by atoms with Crippen molar-refractivity contribution in [1.82, 2.24) is 4.90 Å². The molecule has 0 bridgehead atoms. The fourth-order valence-electron chi connectivity index (χ4n) is 2.33. The van der Waals surface area contributed by atoms with E-state index in [4.69, 9.17) is 0 Å². The van der Waals surface area contributed by atoms with E-state index < -0.39 is 0 Å². The Morgan fingerprint density at radius 2 is 2.00 bits per heavy atom. The van der Waals surface area contributed by atoms with Crippen molar-refractivity contribution in [3.63, 3.8) is 0 Å². The molecule has 1 fully saturated rings. The van der Waals surface area contributed by atoms with Gasteiger partial charge in [-0.3, -0.25) is 9.69 Å². The van der Waals surface area contributed by atoms with E-state index in [1.54, 1.807) is 0 Å². The van der Waals surface area contributed by atoms with Crippen LogP contribution in [0.4, 0.5) is 5.69 Å². The Labute approximate surface area is 103 Å². The molecule has 0 spiro atoms. The van der Waals surface area contributed by atoms with Crippen LogP contribution in [-0.2, 0) is 4.79 Å². The molecule has 1 heterocycles. The molecule has 1 aromatic carbocycles. The molecule has 0 saturated carbocycles. The van der Waals surface area contributed by atoms with Gasteiger partial charge in [-0.05, 0) is 51.9 Å². The molecule has 17 heavy (non-hydrogen) atoms. The number of anilines is 1. The zero-order chi connectivity index (χ0) is 12.3. The van der Waals surface area contributed by atoms with E-state index in [0.29, 0.717) is 0 Å². The second-order valence-corrected chi connectivity index (χ2v) is 4.97. The number of likely N-dealkylation sites (N-methyl/N-ethyl adjacent to an activating group) is 1. The Morgan fingerprint density at radius 3 is 2.65 bits per heavy atom. The summed E-state index contributed by atoms with van der Waals surface area (Å²) in [5.74, 6) is 0.103. The van der Waals surface area contributed by atoms with Crippen LogP contribution in [0.15, 0.2) is 30.3 Å². The molecule has 3 nitrogen and oxygen atoms in total. The molecule has 1 aromatic rings. The van der Waals surface area contributed by atoms with Crippen molar-refractivity contribution in [2.75, 3.05) is 18.9 Å². The van der Waals surface area contributed by atoms with Crippen LogP contribution in [0.3, 0.4) is 0 Å². The molecule has 1 aliphatic heterocycles. The molecule has 1 N–H and O–H groups in total. The minimum Gasteiger partial charge on any atom is -0.324 e. The third-order valence-corrected chi connectivity index (χ3v) is 3.77. The highest BCUT2D eigenvalue weighted by molar-refractivity contribution is 5.97. The van der Waals surface area contributed by atoms with Crippen molar-refractivity contribution in [3.05, 3.63) is 30.3 Å². The van der Waals surface area contributed by atoms with E-state index in [9.17, 15) is 4.79 Å². The fourth-order valence-corrected chi connectivity index (χ4v) is 2.33. The predicted octanol–water partition coefficient (Wildman–Crippen LogP) is 2.50. The number of nitrogens with zero attached hydrogens (tertiary/aromatic N) is 1. The van der Waals surface area contributed by atoms with Crippen molar-refractivity contribution < 1.29 is 4.79 Å². The number of nitrogens with one attached hydrogen (secondary N) is 1.